The van der Waals surface area contributed by atoms with Gasteiger partial charge in [0, 0.05) is 0 Å². The summed E-state index contributed by atoms with van der Waals surface area (Å²) in [7, 11) is 0. The Kier molecular flexibility index (Phi) is 10.9. The molecule has 0 radical (unpaired) electrons. The van der Waals surface area contributed by atoms with E-state index in [-0.39, 0.29) is 0 Å². The van der Waals surface area contributed by atoms with Gasteiger partial charge in [0.05, 0.1) is 0 Å². The van der Waals surface area contributed by atoms with Crippen molar-refractivity contribution in [2.75, 3.05) is 0 Å². The predicted octanol–water partition coefficient (Wildman–Crippen LogP) is 5.47. The van der Waals surface area contributed by atoms with Crippen LogP contribution in [0.15, 0.2) is 48.6 Å². The number of aryl methyl sites for hydroxylation is 2. The summed E-state index contributed by atoms with van der Waals surface area (Å²) >= 11 is 0. The van der Waals surface area contributed by atoms with Crippen LogP contribution >= 0.6 is 0 Å². The van der Waals surface area contributed by atoms with Gasteiger partial charge in [-0.2, -0.15) is 0 Å². The van der Waals surface area contributed by atoms with Gasteiger partial charge < -0.3 is 0 Å². The highest BCUT2D eigenvalue weighted by molar-refractivity contribution is 5.23. The first-order valence-electron chi connectivity index (χ1n) is 5.53. The van der Waals surface area contributed by atoms with Crippen LogP contribution in [0.3, 0.4) is 0 Å². The van der Waals surface area contributed by atoms with Crippen LogP contribution in [0.5, 0.6) is 0 Å². The van der Waals surface area contributed by atoms with Gasteiger partial charge >= 0.3 is 0 Å². The van der Waals surface area contributed by atoms with Crippen molar-refractivity contribution in [3.8, 4) is 0 Å². The third kappa shape index (κ3) is 18.5. The second-order valence-electron chi connectivity index (χ2n) is 4.50. The third-order valence-electron chi connectivity index (χ3n) is 1.43. The topological polar surface area (TPSA) is 0 Å². The van der Waals surface area contributed by atoms with Crippen LogP contribution in [0.1, 0.15) is 38.8 Å². The molecule has 0 fully saturated rings. The quantitative estimate of drug-likeness (QED) is 0.507. The average molecular weight is 218 g/mol. The summed E-state index contributed by atoms with van der Waals surface area (Å²) in [6.45, 7) is 19.2. The van der Waals surface area contributed by atoms with E-state index >= 15 is 0 Å². The minimum atomic E-state index is 1.17. The molecule has 90 valence electrons. The minimum Gasteiger partial charge on any atom is -0.100 e. The Labute approximate surface area is 102 Å². The van der Waals surface area contributed by atoms with E-state index in [2.05, 4.69) is 51.3 Å². The molecule has 0 nitrogen and oxygen atoms in total. The number of rotatable bonds is 0. The van der Waals surface area contributed by atoms with E-state index in [9.17, 15) is 0 Å². The lowest BCUT2D eigenvalue weighted by atomic mass is 10.1. The maximum Gasteiger partial charge on any atom is -0.0395 e. The molecule has 0 aliphatic heterocycles. The molecule has 0 aromatic heterocycles. The molecule has 1 aromatic carbocycles. The van der Waals surface area contributed by atoms with Crippen molar-refractivity contribution in [2.45, 2.75) is 41.5 Å². The van der Waals surface area contributed by atoms with Gasteiger partial charge in [-0.1, -0.05) is 35.4 Å². The van der Waals surface area contributed by atoms with Gasteiger partial charge in [-0.25, -0.2) is 0 Å². The molecule has 0 atom stereocenters. The largest absolute Gasteiger partial charge is 0.100 e. The molecule has 1 rings (SSSR count). The number of hydrogen-bond acceptors (Lipinski definition) is 0. The normalized spacial score (nSPS) is 7.88. The molecule has 0 amide bonds. The first kappa shape index (κ1) is 17.1. The van der Waals surface area contributed by atoms with Crippen LogP contribution < -0.4 is 0 Å². The lowest BCUT2D eigenvalue weighted by Crippen LogP contribution is -1.74. The Hall–Kier alpha value is -1.30. The molecule has 0 aliphatic rings. The Morgan fingerprint density at radius 2 is 0.938 bits per heavy atom. The fourth-order valence-corrected chi connectivity index (χ4v) is 0.663. The molecule has 0 heterocycles. The van der Waals surface area contributed by atoms with Gasteiger partial charge in [-0.15, -0.1) is 13.2 Å². The first-order chi connectivity index (χ1) is 7.27. The Morgan fingerprint density at radius 1 is 0.750 bits per heavy atom. The Bertz CT molecular complexity index is 278. The highest BCUT2D eigenvalue weighted by Crippen LogP contribution is 2.02. The van der Waals surface area contributed by atoms with Crippen LogP contribution in [0, 0.1) is 13.8 Å². The first-order valence-corrected chi connectivity index (χ1v) is 5.53. The maximum atomic E-state index is 3.56. The van der Waals surface area contributed by atoms with Crippen molar-refractivity contribution < 1.29 is 0 Å². The van der Waals surface area contributed by atoms with Gasteiger partial charge in [0.2, 0.25) is 0 Å². The summed E-state index contributed by atoms with van der Waals surface area (Å²) in [5.41, 5.74) is 5.07. The molecule has 0 bridgehead atoms. The lowest BCUT2D eigenvalue weighted by Gasteiger charge is -1.93. The maximum absolute atomic E-state index is 3.56. The van der Waals surface area contributed by atoms with Crippen LogP contribution in [0.4, 0.5) is 0 Å². The standard InChI is InChI=1S/C8H10.2C4H8/c1-7-5-3-4-6-8(7)2;2*1-4(2)3/h3-6H,1-2H3;2*1H2,2-3H3. The summed E-state index contributed by atoms with van der Waals surface area (Å²) in [6, 6.07) is 8.36. The minimum absolute atomic E-state index is 1.17. The van der Waals surface area contributed by atoms with Crippen molar-refractivity contribution >= 4 is 0 Å². The fraction of sp³-hybridized carbons (Fsp3) is 0.375. The highest BCUT2D eigenvalue weighted by Gasteiger charge is 1.83. The summed E-state index contributed by atoms with van der Waals surface area (Å²) in [5, 5.41) is 0. The van der Waals surface area contributed by atoms with E-state index in [0.29, 0.717) is 0 Å². The van der Waals surface area contributed by atoms with Crippen molar-refractivity contribution in [3.63, 3.8) is 0 Å². The smallest absolute Gasteiger partial charge is 0.0395 e. The molecule has 16 heavy (non-hydrogen) atoms. The zero-order chi connectivity index (χ0) is 13.1. The average Bonchev–Trinajstić information content (AvgIpc) is 2.08. The predicted molar refractivity (Wildman–Crippen MR) is 76.9 cm³/mol. The van der Waals surface area contributed by atoms with Gasteiger partial charge in [-0.05, 0) is 52.7 Å². The molecular formula is C16H26. The van der Waals surface area contributed by atoms with Gasteiger partial charge in [0.15, 0.2) is 0 Å². The summed E-state index contributed by atoms with van der Waals surface area (Å²) in [6.07, 6.45) is 0. The van der Waals surface area contributed by atoms with Crippen molar-refractivity contribution in [1.82, 2.24) is 0 Å². The monoisotopic (exact) mass is 218 g/mol. The van der Waals surface area contributed by atoms with Crippen molar-refractivity contribution in [3.05, 3.63) is 59.7 Å². The summed E-state index contributed by atoms with van der Waals surface area (Å²) in [5.74, 6) is 0. The SMILES string of the molecule is C=C(C)C.C=C(C)C.Cc1ccccc1C. The fourth-order valence-electron chi connectivity index (χ4n) is 0.663. The van der Waals surface area contributed by atoms with Gasteiger partial charge in [0.1, 0.15) is 0 Å². The van der Waals surface area contributed by atoms with Gasteiger partial charge in [0.25, 0.3) is 0 Å². The molecule has 0 saturated heterocycles. The zero-order valence-corrected chi connectivity index (χ0v) is 11.7. The zero-order valence-electron chi connectivity index (χ0n) is 11.7. The molecule has 0 heteroatoms. The number of hydrogen-bond donors (Lipinski definition) is 0. The van der Waals surface area contributed by atoms with Crippen LogP contribution in [-0.2, 0) is 0 Å². The van der Waals surface area contributed by atoms with E-state index in [1.54, 1.807) is 0 Å². The van der Waals surface area contributed by atoms with Crippen LogP contribution in [0.25, 0.3) is 0 Å². The Balaban J connectivity index is 0. The van der Waals surface area contributed by atoms with Crippen molar-refractivity contribution in [1.29, 1.82) is 0 Å². The molecule has 0 aliphatic carbocycles. The van der Waals surface area contributed by atoms with E-state index in [4.69, 9.17) is 0 Å². The number of allylic oxidation sites excluding steroid dienone is 2. The van der Waals surface area contributed by atoms with Crippen LogP contribution in [-0.4, -0.2) is 0 Å². The van der Waals surface area contributed by atoms with E-state index in [0.717, 1.165) is 0 Å². The highest BCUT2D eigenvalue weighted by atomic mass is 13.9. The molecule has 0 spiro atoms. The summed E-state index contributed by atoms with van der Waals surface area (Å²) in [4.78, 5) is 0. The second-order valence-corrected chi connectivity index (χ2v) is 4.50. The van der Waals surface area contributed by atoms with Crippen LogP contribution in [0.2, 0.25) is 0 Å². The molecular weight excluding hydrogens is 192 g/mol. The molecule has 0 saturated carbocycles. The van der Waals surface area contributed by atoms with Gasteiger partial charge in [-0.3, -0.25) is 0 Å². The van der Waals surface area contributed by atoms with E-state index < -0.39 is 0 Å². The van der Waals surface area contributed by atoms with Crippen molar-refractivity contribution in [2.24, 2.45) is 0 Å². The Morgan fingerprint density at radius 3 is 1.06 bits per heavy atom. The molecule has 1 aromatic rings. The third-order valence-corrected chi connectivity index (χ3v) is 1.43. The second kappa shape index (κ2) is 10.2. The summed E-state index contributed by atoms with van der Waals surface area (Å²) < 4.78 is 0. The molecule has 0 unspecified atom stereocenters. The van der Waals surface area contributed by atoms with E-state index in [1.165, 1.54) is 22.3 Å². The number of benzene rings is 1. The van der Waals surface area contributed by atoms with E-state index in [1.807, 2.05) is 27.7 Å². The lowest BCUT2D eigenvalue weighted by molar-refractivity contribution is 1.34. The molecule has 0 N–H and O–H groups in total.